The van der Waals surface area contributed by atoms with Crippen molar-refractivity contribution in [2.75, 3.05) is 0 Å². The second kappa shape index (κ2) is 6.37. The number of rotatable bonds is 1. The van der Waals surface area contributed by atoms with E-state index >= 15 is 0 Å². The van der Waals surface area contributed by atoms with Gasteiger partial charge in [-0.2, -0.15) is 5.10 Å². The Morgan fingerprint density at radius 2 is 1.80 bits per heavy atom. The minimum Gasteiger partial charge on any atom is -0.438 e. The summed E-state index contributed by atoms with van der Waals surface area (Å²) in [6.07, 6.45) is 1.67. The molecule has 0 saturated heterocycles. The highest BCUT2D eigenvalue weighted by molar-refractivity contribution is 9.10. The predicted molar refractivity (Wildman–Crippen MR) is 119 cm³/mol. The summed E-state index contributed by atoms with van der Waals surface area (Å²) in [6, 6.07) is 19.2. The van der Waals surface area contributed by atoms with E-state index in [0.717, 1.165) is 37.8 Å². The number of ether oxygens (including phenoxy) is 1. The van der Waals surface area contributed by atoms with Crippen LogP contribution in [0.15, 0.2) is 65.4 Å². The summed E-state index contributed by atoms with van der Waals surface area (Å²) in [5.74, 6) is 2.06. The lowest BCUT2D eigenvalue weighted by molar-refractivity contribution is 0.433. The molecule has 1 aliphatic rings. The molecule has 6 heteroatoms. The molecule has 1 aliphatic heterocycles. The molecule has 0 aliphatic carbocycles. The van der Waals surface area contributed by atoms with E-state index < -0.39 is 0 Å². The molecule has 1 unspecified atom stereocenters. The maximum atomic E-state index is 6.30. The maximum absolute atomic E-state index is 6.30. The topological polar surface area (TPSA) is 52.3 Å². The Kier molecular flexibility index (Phi) is 3.74. The number of aryl methyl sites for hydroxylation is 2. The van der Waals surface area contributed by atoms with E-state index in [4.69, 9.17) is 9.72 Å². The highest BCUT2D eigenvalue weighted by atomic mass is 79.9. The number of aromatic nitrogens is 4. The van der Waals surface area contributed by atoms with Crippen LogP contribution in [0.3, 0.4) is 0 Å². The Hall–Kier alpha value is -3.25. The number of halogens is 1. The summed E-state index contributed by atoms with van der Waals surface area (Å²) in [7, 11) is 0. The van der Waals surface area contributed by atoms with Crippen LogP contribution in [-0.4, -0.2) is 19.6 Å². The van der Waals surface area contributed by atoms with Crippen molar-refractivity contribution in [1.29, 1.82) is 0 Å². The lowest BCUT2D eigenvalue weighted by Crippen LogP contribution is -2.15. The molecule has 6 rings (SSSR count). The highest BCUT2D eigenvalue weighted by Gasteiger charge is 2.34. The zero-order valence-electron chi connectivity index (χ0n) is 16.4. The third-order valence-electron chi connectivity index (χ3n) is 5.67. The Morgan fingerprint density at radius 3 is 2.63 bits per heavy atom. The van der Waals surface area contributed by atoms with Crippen LogP contribution in [-0.2, 0) is 0 Å². The standard InChI is InChI=1S/C24H17BrN4O/c1-13-3-5-15(6-4-13)20-21-18-9-8-17(25)11-16(18)7-10-19(21)30-24-22(20)23-27-14(2)28-29(23)12-26-24/h3-12,20H,1-2H3. The van der Waals surface area contributed by atoms with E-state index in [1.54, 1.807) is 10.8 Å². The average molecular weight is 457 g/mol. The van der Waals surface area contributed by atoms with Crippen LogP contribution in [0.4, 0.5) is 0 Å². The molecule has 0 bridgehead atoms. The first-order valence-electron chi connectivity index (χ1n) is 9.77. The zero-order chi connectivity index (χ0) is 20.4. The predicted octanol–water partition coefficient (Wildman–Crippen LogP) is 5.94. The Balaban J connectivity index is 1.74. The Labute approximate surface area is 181 Å². The lowest BCUT2D eigenvalue weighted by Gasteiger charge is -2.29. The van der Waals surface area contributed by atoms with Crippen LogP contribution in [0.5, 0.6) is 11.6 Å². The molecule has 0 saturated carbocycles. The molecular weight excluding hydrogens is 440 g/mol. The second-order valence-electron chi connectivity index (χ2n) is 7.68. The van der Waals surface area contributed by atoms with Crippen molar-refractivity contribution < 1.29 is 4.74 Å². The highest BCUT2D eigenvalue weighted by Crippen LogP contribution is 2.50. The van der Waals surface area contributed by atoms with Crippen molar-refractivity contribution in [3.63, 3.8) is 0 Å². The summed E-state index contributed by atoms with van der Waals surface area (Å²) in [6.45, 7) is 4.00. The van der Waals surface area contributed by atoms with E-state index in [0.29, 0.717) is 11.7 Å². The van der Waals surface area contributed by atoms with Gasteiger partial charge in [-0.25, -0.2) is 14.5 Å². The maximum Gasteiger partial charge on any atom is 0.228 e. The molecule has 5 aromatic rings. The minimum atomic E-state index is -0.0611. The largest absolute Gasteiger partial charge is 0.438 e. The summed E-state index contributed by atoms with van der Waals surface area (Å²) >= 11 is 3.59. The van der Waals surface area contributed by atoms with Gasteiger partial charge in [-0.15, -0.1) is 0 Å². The van der Waals surface area contributed by atoms with Gasteiger partial charge in [-0.3, -0.25) is 0 Å². The SMILES string of the molecule is Cc1ccc(C2c3c(ccc4cc(Br)ccc34)Oc3ncn4nc(C)nc4c32)cc1. The summed E-state index contributed by atoms with van der Waals surface area (Å²) in [5, 5.41) is 6.79. The van der Waals surface area contributed by atoms with Gasteiger partial charge in [0, 0.05) is 16.0 Å². The van der Waals surface area contributed by atoms with E-state index in [9.17, 15) is 0 Å². The van der Waals surface area contributed by atoms with E-state index in [1.807, 2.05) is 13.0 Å². The normalized spacial score (nSPS) is 15.1. The zero-order valence-corrected chi connectivity index (χ0v) is 18.0. The van der Waals surface area contributed by atoms with Gasteiger partial charge in [0.2, 0.25) is 5.88 Å². The van der Waals surface area contributed by atoms with Gasteiger partial charge >= 0.3 is 0 Å². The summed E-state index contributed by atoms with van der Waals surface area (Å²) in [4.78, 5) is 9.29. The fourth-order valence-electron chi connectivity index (χ4n) is 4.33. The fraction of sp³-hybridized carbons (Fsp3) is 0.125. The van der Waals surface area contributed by atoms with Gasteiger partial charge in [0.15, 0.2) is 5.65 Å². The van der Waals surface area contributed by atoms with Gasteiger partial charge in [-0.05, 0) is 48.4 Å². The Morgan fingerprint density at radius 1 is 0.967 bits per heavy atom. The van der Waals surface area contributed by atoms with Crippen molar-refractivity contribution in [3.8, 4) is 11.6 Å². The molecule has 146 valence electrons. The molecular formula is C24H17BrN4O. The summed E-state index contributed by atoms with van der Waals surface area (Å²) in [5.41, 5.74) is 5.26. The number of fused-ring (bicyclic) bond motifs is 6. The first kappa shape index (κ1) is 17.6. The van der Waals surface area contributed by atoms with Crippen molar-refractivity contribution in [2.45, 2.75) is 19.8 Å². The minimum absolute atomic E-state index is 0.0611. The monoisotopic (exact) mass is 456 g/mol. The molecule has 2 aromatic heterocycles. The van der Waals surface area contributed by atoms with Crippen LogP contribution in [0.2, 0.25) is 0 Å². The molecule has 0 fully saturated rings. The van der Waals surface area contributed by atoms with E-state index in [2.05, 4.69) is 81.5 Å². The first-order chi connectivity index (χ1) is 14.6. The van der Waals surface area contributed by atoms with Gasteiger partial charge in [0.1, 0.15) is 17.9 Å². The number of hydrogen-bond donors (Lipinski definition) is 0. The van der Waals surface area contributed by atoms with Crippen molar-refractivity contribution in [1.82, 2.24) is 19.6 Å². The van der Waals surface area contributed by atoms with Crippen LogP contribution in [0.1, 0.15) is 34.0 Å². The Bertz CT molecular complexity index is 1460. The van der Waals surface area contributed by atoms with Crippen LogP contribution < -0.4 is 4.74 Å². The van der Waals surface area contributed by atoms with Gasteiger partial charge < -0.3 is 4.74 Å². The fourth-order valence-corrected chi connectivity index (χ4v) is 4.71. The smallest absolute Gasteiger partial charge is 0.228 e. The molecule has 3 heterocycles. The van der Waals surface area contributed by atoms with Crippen LogP contribution in [0, 0.1) is 13.8 Å². The van der Waals surface area contributed by atoms with Crippen LogP contribution >= 0.6 is 15.9 Å². The van der Waals surface area contributed by atoms with Crippen molar-refractivity contribution in [3.05, 3.63) is 93.5 Å². The molecule has 5 nitrogen and oxygen atoms in total. The average Bonchev–Trinajstić information content (AvgIpc) is 3.13. The molecule has 0 N–H and O–H groups in total. The van der Waals surface area contributed by atoms with E-state index in [1.165, 1.54) is 11.1 Å². The number of hydrogen-bond acceptors (Lipinski definition) is 4. The third kappa shape index (κ3) is 2.57. The lowest BCUT2D eigenvalue weighted by atomic mass is 9.81. The molecule has 3 aromatic carbocycles. The van der Waals surface area contributed by atoms with Crippen molar-refractivity contribution >= 4 is 32.3 Å². The van der Waals surface area contributed by atoms with Gasteiger partial charge in [-0.1, -0.05) is 57.9 Å². The number of nitrogens with zero attached hydrogens (tertiary/aromatic N) is 4. The van der Waals surface area contributed by atoms with Gasteiger partial charge in [0.25, 0.3) is 0 Å². The quantitative estimate of drug-likeness (QED) is 0.307. The summed E-state index contributed by atoms with van der Waals surface area (Å²) < 4.78 is 9.10. The van der Waals surface area contributed by atoms with Crippen molar-refractivity contribution in [2.24, 2.45) is 0 Å². The first-order valence-corrected chi connectivity index (χ1v) is 10.6. The van der Waals surface area contributed by atoms with Crippen LogP contribution in [0.25, 0.3) is 16.4 Å². The van der Waals surface area contributed by atoms with E-state index in [-0.39, 0.29) is 5.92 Å². The van der Waals surface area contributed by atoms with Gasteiger partial charge in [0.05, 0.1) is 5.56 Å². The molecule has 0 radical (unpaired) electrons. The third-order valence-corrected chi connectivity index (χ3v) is 6.16. The molecule has 30 heavy (non-hydrogen) atoms. The number of benzene rings is 3. The molecule has 0 spiro atoms. The molecule has 0 amide bonds. The molecule has 1 atom stereocenters. The second-order valence-corrected chi connectivity index (χ2v) is 8.59.